The van der Waals surface area contributed by atoms with E-state index in [0.29, 0.717) is 12.1 Å². The lowest BCUT2D eigenvalue weighted by atomic mass is 10.1. The number of nitrogens with one attached hydrogen (secondary N) is 2. The van der Waals surface area contributed by atoms with Gasteiger partial charge in [0.1, 0.15) is 5.82 Å². The third kappa shape index (κ3) is 3.33. The summed E-state index contributed by atoms with van der Waals surface area (Å²) < 4.78 is 50.9. The highest BCUT2D eigenvalue weighted by atomic mass is 19.4. The predicted molar refractivity (Wildman–Crippen MR) is 61.5 cm³/mol. The van der Waals surface area contributed by atoms with Crippen molar-refractivity contribution in [2.45, 2.75) is 19.1 Å². The lowest BCUT2D eigenvalue weighted by molar-refractivity contribution is -0.140. The molecule has 1 aromatic carbocycles. The maximum absolute atomic E-state index is 13.1. The molecule has 1 heterocycles. The van der Waals surface area contributed by atoms with Crippen molar-refractivity contribution in [3.05, 3.63) is 41.0 Å². The van der Waals surface area contributed by atoms with Crippen molar-refractivity contribution >= 4 is 5.91 Å². The molecule has 0 radical (unpaired) electrons. The standard InChI is InChI=1S/C11H9F4N5O/c1-5(9-17-19-20-18-9)16-10(21)6-2-3-8(12)7(4-6)11(13,14)15/h2-5H,1H3,(H,16,21)(H,17,18,19,20). The number of benzene rings is 1. The van der Waals surface area contributed by atoms with Gasteiger partial charge in [0.25, 0.3) is 5.91 Å². The van der Waals surface area contributed by atoms with E-state index in [2.05, 4.69) is 25.9 Å². The Morgan fingerprint density at radius 1 is 1.38 bits per heavy atom. The minimum atomic E-state index is -4.88. The fourth-order valence-electron chi connectivity index (χ4n) is 1.58. The molecule has 0 aliphatic carbocycles. The van der Waals surface area contributed by atoms with Gasteiger partial charge in [-0.15, -0.1) is 10.2 Å². The molecule has 0 aliphatic rings. The van der Waals surface area contributed by atoms with E-state index in [1.165, 1.54) is 6.92 Å². The van der Waals surface area contributed by atoms with Crippen LogP contribution in [-0.4, -0.2) is 26.5 Å². The molecule has 10 heteroatoms. The molecular formula is C11H9F4N5O. The second-order valence-corrected chi connectivity index (χ2v) is 4.16. The van der Waals surface area contributed by atoms with E-state index in [-0.39, 0.29) is 11.4 Å². The molecule has 0 bridgehead atoms. The number of tetrazole rings is 1. The summed E-state index contributed by atoms with van der Waals surface area (Å²) in [6.07, 6.45) is -4.88. The quantitative estimate of drug-likeness (QED) is 0.848. The van der Waals surface area contributed by atoms with Crippen molar-refractivity contribution in [1.82, 2.24) is 25.9 Å². The minimum Gasteiger partial charge on any atom is -0.342 e. The van der Waals surface area contributed by atoms with Crippen LogP contribution in [-0.2, 0) is 6.18 Å². The highest BCUT2D eigenvalue weighted by molar-refractivity contribution is 5.94. The molecule has 1 aromatic heterocycles. The van der Waals surface area contributed by atoms with Gasteiger partial charge in [0, 0.05) is 5.56 Å². The lowest BCUT2D eigenvalue weighted by Crippen LogP contribution is -2.27. The summed E-state index contributed by atoms with van der Waals surface area (Å²) in [6.45, 7) is 1.52. The zero-order chi connectivity index (χ0) is 15.6. The number of nitrogens with zero attached hydrogens (tertiary/aromatic N) is 3. The van der Waals surface area contributed by atoms with Crippen LogP contribution in [0, 0.1) is 5.82 Å². The molecule has 0 fully saturated rings. The number of H-pyrrole nitrogens is 1. The summed E-state index contributed by atoms with van der Waals surface area (Å²) in [7, 11) is 0. The fraction of sp³-hybridized carbons (Fsp3) is 0.273. The molecule has 1 unspecified atom stereocenters. The van der Waals surface area contributed by atoms with E-state index in [1.807, 2.05) is 0 Å². The second kappa shape index (κ2) is 5.46. The maximum Gasteiger partial charge on any atom is 0.419 e. The van der Waals surface area contributed by atoms with Gasteiger partial charge in [0.15, 0.2) is 5.82 Å². The molecule has 2 N–H and O–H groups in total. The first kappa shape index (κ1) is 14.9. The molecule has 1 atom stereocenters. The molecule has 0 saturated heterocycles. The summed E-state index contributed by atoms with van der Waals surface area (Å²) in [6, 6.07) is 1.34. The molecule has 6 nitrogen and oxygen atoms in total. The van der Waals surface area contributed by atoms with Gasteiger partial charge in [-0.1, -0.05) is 5.21 Å². The Balaban J connectivity index is 2.20. The Hall–Kier alpha value is -2.52. The van der Waals surface area contributed by atoms with Crippen LogP contribution in [0.25, 0.3) is 0 Å². The Labute approximate surface area is 115 Å². The Kier molecular flexibility index (Phi) is 3.87. The summed E-state index contributed by atoms with van der Waals surface area (Å²) >= 11 is 0. The summed E-state index contributed by atoms with van der Waals surface area (Å²) in [5.74, 6) is -2.08. The maximum atomic E-state index is 13.1. The third-order valence-electron chi connectivity index (χ3n) is 2.63. The highest BCUT2D eigenvalue weighted by Crippen LogP contribution is 2.31. The average Bonchev–Trinajstić information content (AvgIpc) is 2.91. The zero-order valence-electron chi connectivity index (χ0n) is 10.6. The monoisotopic (exact) mass is 303 g/mol. The Morgan fingerprint density at radius 2 is 2.10 bits per heavy atom. The van der Waals surface area contributed by atoms with E-state index in [1.54, 1.807) is 0 Å². The number of carbonyl (C=O) groups is 1. The van der Waals surface area contributed by atoms with Gasteiger partial charge in [-0.3, -0.25) is 4.79 Å². The van der Waals surface area contributed by atoms with Gasteiger partial charge in [0.05, 0.1) is 11.6 Å². The number of carbonyl (C=O) groups excluding carboxylic acids is 1. The molecule has 1 amide bonds. The molecule has 2 rings (SSSR count). The van der Waals surface area contributed by atoms with Crippen molar-refractivity contribution in [3.63, 3.8) is 0 Å². The van der Waals surface area contributed by atoms with E-state index in [4.69, 9.17) is 0 Å². The van der Waals surface area contributed by atoms with Crippen LogP contribution in [0.4, 0.5) is 17.6 Å². The Morgan fingerprint density at radius 3 is 2.67 bits per heavy atom. The number of halogens is 4. The van der Waals surface area contributed by atoms with Gasteiger partial charge in [0.2, 0.25) is 0 Å². The van der Waals surface area contributed by atoms with Crippen LogP contribution in [0.2, 0.25) is 0 Å². The molecule has 21 heavy (non-hydrogen) atoms. The summed E-state index contributed by atoms with van der Waals surface area (Å²) in [4.78, 5) is 11.9. The van der Waals surface area contributed by atoms with Crippen molar-refractivity contribution in [3.8, 4) is 0 Å². The largest absolute Gasteiger partial charge is 0.419 e. The predicted octanol–water partition coefficient (Wildman–Crippen LogP) is 1.85. The fourth-order valence-corrected chi connectivity index (χ4v) is 1.58. The van der Waals surface area contributed by atoms with Gasteiger partial charge in [-0.05, 0) is 25.1 Å². The molecule has 112 valence electrons. The molecule has 0 spiro atoms. The number of alkyl halides is 3. The lowest BCUT2D eigenvalue weighted by Gasteiger charge is -2.12. The number of aromatic amines is 1. The number of aromatic nitrogens is 4. The van der Waals surface area contributed by atoms with Crippen molar-refractivity contribution in [2.24, 2.45) is 0 Å². The van der Waals surface area contributed by atoms with Crippen molar-refractivity contribution in [2.75, 3.05) is 0 Å². The van der Waals surface area contributed by atoms with Gasteiger partial charge < -0.3 is 5.32 Å². The van der Waals surface area contributed by atoms with Gasteiger partial charge in [-0.2, -0.15) is 18.4 Å². The van der Waals surface area contributed by atoms with Crippen LogP contribution in [0.5, 0.6) is 0 Å². The number of hydrogen-bond donors (Lipinski definition) is 2. The van der Waals surface area contributed by atoms with Crippen LogP contribution in [0.15, 0.2) is 18.2 Å². The molecule has 0 aliphatic heterocycles. The topological polar surface area (TPSA) is 83.6 Å². The summed E-state index contributed by atoms with van der Waals surface area (Å²) in [5.41, 5.74) is -1.82. The van der Waals surface area contributed by atoms with Crippen LogP contribution in [0.3, 0.4) is 0 Å². The SMILES string of the molecule is CC(NC(=O)c1ccc(F)c(C(F)(F)F)c1)c1nn[nH]n1. The van der Waals surface area contributed by atoms with E-state index < -0.39 is 29.5 Å². The molecular weight excluding hydrogens is 294 g/mol. The summed E-state index contributed by atoms with van der Waals surface area (Å²) in [5, 5.41) is 15.1. The van der Waals surface area contributed by atoms with Crippen LogP contribution in [0.1, 0.15) is 34.7 Å². The van der Waals surface area contributed by atoms with Gasteiger partial charge in [-0.25, -0.2) is 4.39 Å². The minimum absolute atomic E-state index is 0.168. The normalized spacial score (nSPS) is 13.0. The number of hydrogen-bond acceptors (Lipinski definition) is 4. The third-order valence-corrected chi connectivity index (χ3v) is 2.63. The highest BCUT2D eigenvalue weighted by Gasteiger charge is 2.34. The van der Waals surface area contributed by atoms with E-state index in [9.17, 15) is 22.4 Å². The van der Waals surface area contributed by atoms with Crippen LogP contribution < -0.4 is 5.32 Å². The van der Waals surface area contributed by atoms with E-state index >= 15 is 0 Å². The van der Waals surface area contributed by atoms with E-state index in [0.717, 1.165) is 6.07 Å². The zero-order valence-corrected chi connectivity index (χ0v) is 10.6. The second-order valence-electron chi connectivity index (χ2n) is 4.16. The molecule has 2 aromatic rings. The van der Waals surface area contributed by atoms with Crippen molar-refractivity contribution in [1.29, 1.82) is 0 Å². The first-order chi connectivity index (χ1) is 9.79. The van der Waals surface area contributed by atoms with Crippen LogP contribution >= 0.6 is 0 Å². The van der Waals surface area contributed by atoms with Crippen molar-refractivity contribution < 1.29 is 22.4 Å². The smallest absolute Gasteiger partial charge is 0.342 e. The Bertz CT molecular complexity index is 641. The number of rotatable bonds is 3. The first-order valence-corrected chi connectivity index (χ1v) is 5.70. The number of amides is 1. The molecule has 0 saturated carbocycles. The van der Waals surface area contributed by atoms with Gasteiger partial charge >= 0.3 is 6.18 Å². The average molecular weight is 303 g/mol. The first-order valence-electron chi connectivity index (χ1n) is 5.70.